The van der Waals surface area contributed by atoms with Crippen LogP contribution in [-0.4, -0.2) is 35.7 Å². The fourth-order valence-corrected chi connectivity index (χ4v) is 13.0. The third-order valence-electron chi connectivity index (χ3n) is 15.5. The Bertz CT molecular complexity index is 1230. The van der Waals surface area contributed by atoms with Crippen LogP contribution in [0.4, 0.5) is 0 Å². The summed E-state index contributed by atoms with van der Waals surface area (Å²) in [5, 5.41) is 0. The number of fused-ring (bicyclic) bond motifs is 1. The van der Waals surface area contributed by atoms with Gasteiger partial charge in [-0.25, -0.2) is 4.79 Å². The van der Waals surface area contributed by atoms with Gasteiger partial charge >= 0.3 is 17.9 Å². The van der Waals surface area contributed by atoms with Crippen molar-refractivity contribution >= 4 is 17.9 Å². The zero-order valence-corrected chi connectivity index (χ0v) is 28.8. The molecule has 0 amide bonds. The molecule has 44 heavy (non-hydrogen) atoms. The largest absolute Gasteiger partial charge is 0.459 e. The summed E-state index contributed by atoms with van der Waals surface area (Å²) < 4.78 is 18.9. The molecule has 0 radical (unpaired) electrons. The molecule has 9 atom stereocenters. The summed E-state index contributed by atoms with van der Waals surface area (Å²) in [6, 6.07) is 0. The molecule has 8 aliphatic carbocycles. The van der Waals surface area contributed by atoms with Crippen LogP contribution in [0.2, 0.25) is 0 Å². The predicted octanol–water partition coefficient (Wildman–Crippen LogP) is 8.05. The van der Waals surface area contributed by atoms with E-state index in [2.05, 4.69) is 55.4 Å². The van der Waals surface area contributed by atoms with E-state index in [9.17, 15) is 14.4 Å². The van der Waals surface area contributed by atoms with E-state index in [0.29, 0.717) is 35.5 Å². The van der Waals surface area contributed by atoms with Crippen LogP contribution in [0.3, 0.4) is 0 Å². The molecule has 0 aromatic heterocycles. The van der Waals surface area contributed by atoms with Crippen LogP contribution >= 0.6 is 0 Å². The highest BCUT2D eigenvalue weighted by Gasteiger charge is 2.81. The molecule has 0 aromatic rings. The second kappa shape index (κ2) is 9.49. The third kappa shape index (κ3) is 4.12. The summed E-state index contributed by atoms with van der Waals surface area (Å²) in [5.41, 5.74) is -2.13. The average molecular weight is 611 g/mol. The quantitative estimate of drug-likeness (QED) is 0.184. The lowest BCUT2D eigenvalue weighted by molar-refractivity contribution is -0.253. The minimum absolute atomic E-state index is 0.0101. The Morgan fingerprint density at radius 1 is 0.773 bits per heavy atom. The van der Waals surface area contributed by atoms with Gasteiger partial charge in [-0.3, -0.25) is 9.59 Å². The van der Waals surface area contributed by atoms with Gasteiger partial charge in [0.1, 0.15) is 11.2 Å². The van der Waals surface area contributed by atoms with E-state index in [1.165, 1.54) is 25.7 Å². The fraction of sp³-hybridized carbons (Fsp3) is 0.921. The van der Waals surface area contributed by atoms with Gasteiger partial charge in [-0.1, -0.05) is 54.9 Å². The van der Waals surface area contributed by atoms with Gasteiger partial charge in [0.15, 0.2) is 6.61 Å². The van der Waals surface area contributed by atoms with Gasteiger partial charge in [0.05, 0.1) is 10.8 Å². The van der Waals surface area contributed by atoms with Gasteiger partial charge < -0.3 is 14.2 Å². The number of hydrogen-bond acceptors (Lipinski definition) is 6. The molecule has 8 saturated carbocycles. The number of esters is 3. The number of ether oxygens (including phenoxy) is 3. The number of carbonyl (C=O) groups excluding carboxylic acids is 3. The van der Waals surface area contributed by atoms with Crippen LogP contribution in [0.5, 0.6) is 0 Å². The van der Waals surface area contributed by atoms with Crippen molar-refractivity contribution in [3.63, 3.8) is 0 Å². The van der Waals surface area contributed by atoms with E-state index in [0.717, 1.165) is 63.2 Å². The highest BCUT2D eigenvalue weighted by atomic mass is 16.6. The summed E-state index contributed by atoms with van der Waals surface area (Å²) in [7, 11) is 0. The molecule has 9 unspecified atom stereocenters. The van der Waals surface area contributed by atoms with Crippen molar-refractivity contribution < 1.29 is 28.6 Å². The Morgan fingerprint density at radius 3 is 1.98 bits per heavy atom. The minimum atomic E-state index is -0.681. The molecular formula is C38H58O6. The third-order valence-corrected chi connectivity index (χ3v) is 15.5. The zero-order chi connectivity index (χ0) is 31.7. The Labute approximate surface area is 265 Å². The lowest BCUT2D eigenvalue weighted by Gasteiger charge is -2.69. The molecule has 0 aliphatic heterocycles. The van der Waals surface area contributed by atoms with Crippen LogP contribution in [0.1, 0.15) is 139 Å². The van der Waals surface area contributed by atoms with Crippen molar-refractivity contribution in [1.82, 2.24) is 0 Å². The summed E-state index contributed by atoms with van der Waals surface area (Å²) in [4.78, 5) is 41.5. The first-order chi connectivity index (χ1) is 20.5. The molecule has 0 aromatic carbocycles. The predicted molar refractivity (Wildman–Crippen MR) is 167 cm³/mol. The summed E-state index contributed by atoms with van der Waals surface area (Å²) in [6.45, 7) is 17.0. The zero-order valence-electron chi connectivity index (χ0n) is 28.8. The Balaban J connectivity index is 1.03. The highest BCUT2D eigenvalue weighted by molar-refractivity contribution is 5.82. The van der Waals surface area contributed by atoms with Crippen LogP contribution < -0.4 is 0 Å². The highest BCUT2D eigenvalue weighted by Crippen LogP contribution is 2.84. The molecule has 8 aliphatic rings. The molecule has 0 N–H and O–H groups in total. The molecule has 6 heteroatoms. The standard InChI is InChI=1S/C38H58O6/c1-9-33(6,7)21-34(8,32(3,4)5)30(40)44-36-17-23-11-24(18-36)16-35(15-23,22-36)31(41)42-20-29(39)43-38(10-2)27-13-25-12-26-14-28(38)37(25,26)19-27/h23-28H,9-22H2,1-8H3. The molecule has 0 saturated heterocycles. The molecule has 0 heterocycles. The normalized spacial score (nSPS) is 45.5. The lowest BCUT2D eigenvalue weighted by atomic mass is 9.36. The van der Waals surface area contributed by atoms with Crippen LogP contribution in [0.15, 0.2) is 0 Å². The lowest BCUT2D eigenvalue weighted by Crippen LogP contribution is -2.67. The van der Waals surface area contributed by atoms with Crippen molar-refractivity contribution in [1.29, 1.82) is 0 Å². The van der Waals surface area contributed by atoms with Crippen LogP contribution in [0, 0.1) is 62.6 Å². The molecule has 8 fully saturated rings. The van der Waals surface area contributed by atoms with Gasteiger partial charge in [-0.2, -0.15) is 0 Å². The minimum Gasteiger partial charge on any atom is -0.459 e. The van der Waals surface area contributed by atoms with Gasteiger partial charge in [0.2, 0.25) is 0 Å². The van der Waals surface area contributed by atoms with Crippen LogP contribution in [0.25, 0.3) is 0 Å². The van der Waals surface area contributed by atoms with Gasteiger partial charge in [-0.15, -0.1) is 0 Å². The van der Waals surface area contributed by atoms with Crippen molar-refractivity contribution in [3.8, 4) is 0 Å². The number of hydrogen-bond donors (Lipinski definition) is 0. The Morgan fingerprint density at radius 2 is 1.41 bits per heavy atom. The average Bonchev–Trinajstić information content (AvgIpc) is 3.40. The Hall–Kier alpha value is -1.59. The molecule has 1 spiro atoms. The topological polar surface area (TPSA) is 78.9 Å². The van der Waals surface area contributed by atoms with E-state index < -0.39 is 16.4 Å². The first-order valence-electron chi connectivity index (χ1n) is 18.1. The second-order valence-corrected chi connectivity index (χ2v) is 19.1. The number of carbonyl (C=O) groups is 3. The SMILES string of the molecule is CCC(C)(C)CC(C)(C(=O)OC12CC3CC(C1)CC(C(=O)OCC(=O)OC1(CC)C4CC5CC6CC1C56C4)(C3)C2)C(C)(C)C. The maximum absolute atomic E-state index is 14.2. The maximum Gasteiger partial charge on any atom is 0.344 e. The van der Waals surface area contributed by atoms with Gasteiger partial charge in [0, 0.05) is 12.3 Å². The van der Waals surface area contributed by atoms with E-state index >= 15 is 0 Å². The van der Waals surface area contributed by atoms with E-state index in [1.54, 1.807) is 0 Å². The van der Waals surface area contributed by atoms with Crippen molar-refractivity contribution in [3.05, 3.63) is 0 Å². The van der Waals surface area contributed by atoms with Crippen molar-refractivity contribution in [2.75, 3.05) is 6.61 Å². The van der Waals surface area contributed by atoms with E-state index in [-0.39, 0.29) is 40.9 Å². The van der Waals surface area contributed by atoms with E-state index in [4.69, 9.17) is 14.2 Å². The first-order valence-corrected chi connectivity index (χ1v) is 18.1. The smallest absolute Gasteiger partial charge is 0.344 e. The first kappa shape index (κ1) is 31.0. The summed E-state index contributed by atoms with van der Waals surface area (Å²) >= 11 is 0. The summed E-state index contributed by atoms with van der Waals surface area (Å²) in [6.07, 6.45) is 12.4. The number of rotatable bonds is 10. The monoisotopic (exact) mass is 610 g/mol. The molecular weight excluding hydrogens is 552 g/mol. The van der Waals surface area contributed by atoms with Crippen LogP contribution in [-0.2, 0) is 28.6 Å². The second-order valence-electron chi connectivity index (χ2n) is 19.1. The van der Waals surface area contributed by atoms with Gasteiger partial charge in [-0.05, 0) is 123 Å². The summed E-state index contributed by atoms with van der Waals surface area (Å²) in [5.74, 6) is 2.57. The molecule has 6 nitrogen and oxygen atoms in total. The van der Waals surface area contributed by atoms with Crippen molar-refractivity contribution in [2.45, 2.75) is 150 Å². The fourth-order valence-electron chi connectivity index (χ4n) is 13.0. The van der Waals surface area contributed by atoms with Gasteiger partial charge in [0.25, 0.3) is 0 Å². The maximum atomic E-state index is 14.2. The molecule has 6 bridgehead atoms. The molecule has 8 rings (SSSR count). The Kier molecular flexibility index (Phi) is 6.69. The van der Waals surface area contributed by atoms with Crippen molar-refractivity contribution in [2.24, 2.45) is 62.6 Å². The van der Waals surface area contributed by atoms with E-state index in [1.807, 2.05) is 0 Å². The molecule has 246 valence electrons.